The Morgan fingerprint density at radius 2 is 1.91 bits per heavy atom. The van der Waals surface area contributed by atoms with Gasteiger partial charge in [0.15, 0.2) is 6.61 Å². The Hall–Kier alpha value is -2.98. The zero-order valence-electron chi connectivity index (χ0n) is 17.9. The van der Waals surface area contributed by atoms with Crippen LogP contribution in [0.1, 0.15) is 42.5 Å². The van der Waals surface area contributed by atoms with Crippen molar-refractivity contribution in [1.29, 1.82) is 0 Å². The second kappa shape index (κ2) is 9.11. The predicted molar refractivity (Wildman–Crippen MR) is 116 cm³/mol. The fourth-order valence-corrected chi connectivity index (χ4v) is 4.66. The van der Waals surface area contributed by atoms with Crippen LogP contribution in [0.25, 0.3) is 0 Å². The van der Waals surface area contributed by atoms with Crippen molar-refractivity contribution < 1.29 is 28.6 Å². The van der Waals surface area contributed by atoms with Crippen molar-refractivity contribution in [3.05, 3.63) is 47.0 Å². The number of rotatable bonds is 7. The smallest absolute Gasteiger partial charge is 0.316 e. The molecule has 2 bridgehead atoms. The van der Waals surface area contributed by atoms with Crippen LogP contribution in [0.2, 0.25) is 5.02 Å². The summed E-state index contributed by atoms with van der Waals surface area (Å²) in [5.41, 5.74) is -1.06. The molecule has 3 aliphatic rings. The quantitative estimate of drug-likeness (QED) is 0.556. The van der Waals surface area contributed by atoms with Crippen LogP contribution in [0.15, 0.2) is 30.6 Å². The summed E-state index contributed by atoms with van der Waals surface area (Å²) in [5.74, 6) is -1.20. The molecule has 0 aliphatic heterocycles. The molecule has 33 heavy (non-hydrogen) atoms. The number of methoxy groups -OCH3 is 1. The highest BCUT2D eigenvalue weighted by molar-refractivity contribution is 6.30. The van der Waals surface area contributed by atoms with Gasteiger partial charge in [-0.25, -0.2) is 14.4 Å². The van der Waals surface area contributed by atoms with Gasteiger partial charge in [0.1, 0.15) is 11.6 Å². The zero-order chi connectivity index (χ0) is 23.6. The van der Waals surface area contributed by atoms with Gasteiger partial charge in [0.2, 0.25) is 0 Å². The second-order valence-electron chi connectivity index (χ2n) is 8.48. The molecule has 176 valence electrons. The predicted octanol–water partition coefficient (Wildman–Crippen LogP) is 2.02. The third kappa shape index (κ3) is 4.86. The van der Waals surface area contributed by atoms with Crippen molar-refractivity contribution in [2.75, 3.05) is 13.7 Å². The number of nitrogens with zero attached hydrogens (tertiary/aromatic N) is 2. The van der Waals surface area contributed by atoms with E-state index < -0.39 is 28.9 Å². The van der Waals surface area contributed by atoms with Crippen LogP contribution in [0.4, 0.5) is 4.39 Å². The lowest BCUT2D eigenvalue weighted by atomic mass is 9.60. The van der Waals surface area contributed by atoms with E-state index in [1.54, 1.807) is 0 Å². The third-order valence-electron chi connectivity index (χ3n) is 6.42. The zero-order valence-corrected chi connectivity index (χ0v) is 18.7. The molecule has 0 unspecified atom stereocenters. The summed E-state index contributed by atoms with van der Waals surface area (Å²) in [5, 5.41) is 16.7. The van der Waals surface area contributed by atoms with Gasteiger partial charge in [0, 0.05) is 24.0 Å². The maximum Gasteiger partial charge on any atom is 0.316 e. The fraction of sp³-hybridized carbons (Fsp3) is 0.455. The van der Waals surface area contributed by atoms with E-state index in [-0.39, 0.29) is 29.3 Å². The minimum absolute atomic E-state index is 0.0340. The molecule has 1 aromatic heterocycles. The maximum atomic E-state index is 13.5. The number of halogens is 2. The fourth-order valence-electron chi connectivity index (χ4n) is 4.54. The molecule has 0 radical (unpaired) electrons. The average molecular weight is 479 g/mol. The first-order valence-electron chi connectivity index (χ1n) is 10.5. The highest BCUT2D eigenvalue weighted by Gasteiger charge is 2.55. The Bertz CT molecular complexity index is 1040. The summed E-state index contributed by atoms with van der Waals surface area (Å²) >= 11 is 5.64. The van der Waals surface area contributed by atoms with Crippen LogP contribution in [0, 0.1) is 5.82 Å². The average Bonchev–Trinajstić information content (AvgIpc) is 2.81. The van der Waals surface area contributed by atoms with Gasteiger partial charge in [-0.3, -0.25) is 9.59 Å². The van der Waals surface area contributed by atoms with Crippen molar-refractivity contribution in [3.8, 4) is 11.8 Å². The van der Waals surface area contributed by atoms with E-state index in [1.807, 2.05) is 0 Å². The van der Waals surface area contributed by atoms with Gasteiger partial charge in [-0.15, -0.1) is 0 Å². The normalized spacial score (nSPS) is 25.9. The number of fused-ring (bicyclic) bond motifs is 3. The van der Waals surface area contributed by atoms with Crippen molar-refractivity contribution in [2.24, 2.45) is 0 Å². The molecule has 1 aromatic carbocycles. The number of hydrogen-bond donors (Lipinski definition) is 3. The molecule has 0 saturated heterocycles. The molecular weight excluding hydrogens is 455 g/mol. The van der Waals surface area contributed by atoms with Gasteiger partial charge in [-0.1, -0.05) is 11.6 Å². The monoisotopic (exact) mass is 478 g/mol. The van der Waals surface area contributed by atoms with Crippen LogP contribution in [-0.4, -0.2) is 57.8 Å². The lowest BCUT2D eigenvalue weighted by Gasteiger charge is -2.56. The number of ether oxygens (including phenoxy) is 2. The lowest BCUT2D eigenvalue weighted by Crippen LogP contribution is -2.70. The molecule has 1 heterocycles. The molecule has 5 rings (SSSR count). The molecule has 9 nitrogen and oxygen atoms in total. The van der Waals surface area contributed by atoms with Gasteiger partial charge in [0.05, 0.1) is 29.3 Å². The van der Waals surface area contributed by atoms with Crippen molar-refractivity contribution >= 4 is 23.4 Å². The van der Waals surface area contributed by atoms with Gasteiger partial charge >= 0.3 is 6.01 Å². The standard InChI is InChI=1S/C22H24ClFN4O5/c1-32-20-25-10-13(11-26-20)19(31)28-21-4-6-22(7-5-21,17(29)9-21)27-18(30)12-33-14-2-3-15(23)16(24)8-14/h2-3,8,10-11,17,29H,4-7,9,12H2,1H3,(H,27,30)(H,28,31)/t17-,21?,22?/m0/s1. The van der Waals surface area contributed by atoms with Crippen LogP contribution >= 0.6 is 11.6 Å². The topological polar surface area (TPSA) is 123 Å². The summed E-state index contributed by atoms with van der Waals surface area (Å²) in [4.78, 5) is 33.1. The number of aromatic nitrogens is 2. The summed E-state index contributed by atoms with van der Waals surface area (Å²) in [6.45, 7) is -0.325. The lowest BCUT2D eigenvalue weighted by molar-refractivity contribution is -0.132. The van der Waals surface area contributed by atoms with E-state index in [4.69, 9.17) is 21.1 Å². The van der Waals surface area contributed by atoms with Gasteiger partial charge in [-0.2, -0.15) is 0 Å². The summed E-state index contributed by atoms with van der Waals surface area (Å²) in [6, 6.07) is 4.09. The Balaban J connectivity index is 1.34. The first kappa shape index (κ1) is 23.2. The van der Waals surface area contributed by atoms with E-state index in [0.717, 1.165) is 6.07 Å². The maximum absolute atomic E-state index is 13.5. The van der Waals surface area contributed by atoms with E-state index in [1.165, 1.54) is 31.6 Å². The largest absolute Gasteiger partial charge is 0.484 e. The molecule has 2 amide bonds. The SMILES string of the molecule is COc1ncc(C(=O)NC23CCC(NC(=O)COc4ccc(Cl)c(F)c4)(CC2)[C@@H](O)C3)cn1. The van der Waals surface area contributed by atoms with Gasteiger partial charge in [0.25, 0.3) is 11.8 Å². The van der Waals surface area contributed by atoms with Crippen LogP contribution in [-0.2, 0) is 4.79 Å². The molecule has 3 aliphatic carbocycles. The number of carbonyl (C=O) groups excluding carboxylic acids is 2. The number of amides is 2. The molecule has 3 fully saturated rings. The Morgan fingerprint density at radius 3 is 2.52 bits per heavy atom. The van der Waals surface area contributed by atoms with E-state index in [2.05, 4.69) is 20.6 Å². The summed E-state index contributed by atoms with van der Waals surface area (Å²) in [6.07, 6.45) is 4.41. The molecular formula is C22H24ClFN4O5. The van der Waals surface area contributed by atoms with Crippen molar-refractivity contribution in [3.63, 3.8) is 0 Å². The minimum Gasteiger partial charge on any atom is -0.484 e. The van der Waals surface area contributed by atoms with Gasteiger partial charge in [-0.05, 0) is 44.2 Å². The summed E-state index contributed by atoms with van der Waals surface area (Å²) in [7, 11) is 1.44. The Morgan fingerprint density at radius 1 is 1.21 bits per heavy atom. The van der Waals surface area contributed by atoms with E-state index >= 15 is 0 Å². The van der Waals surface area contributed by atoms with E-state index in [9.17, 15) is 19.1 Å². The number of carbonyl (C=O) groups is 2. The molecule has 1 atom stereocenters. The minimum atomic E-state index is -0.843. The second-order valence-corrected chi connectivity index (χ2v) is 8.89. The number of nitrogens with one attached hydrogen (secondary N) is 2. The highest BCUT2D eigenvalue weighted by atomic mass is 35.5. The summed E-state index contributed by atoms with van der Waals surface area (Å²) < 4.78 is 23.8. The van der Waals surface area contributed by atoms with Crippen LogP contribution < -0.4 is 20.1 Å². The van der Waals surface area contributed by atoms with Crippen LogP contribution in [0.3, 0.4) is 0 Å². The number of aliphatic hydroxyl groups excluding tert-OH is 1. The van der Waals surface area contributed by atoms with Crippen LogP contribution in [0.5, 0.6) is 11.8 Å². The Kier molecular flexibility index (Phi) is 6.40. The first-order valence-corrected chi connectivity index (χ1v) is 10.9. The third-order valence-corrected chi connectivity index (χ3v) is 6.73. The molecule has 11 heteroatoms. The highest BCUT2D eigenvalue weighted by Crippen LogP contribution is 2.47. The van der Waals surface area contributed by atoms with Gasteiger partial charge < -0.3 is 25.2 Å². The molecule has 3 saturated carbocycles. The molecule has 3 N–H and O–H groups in total. The Labute approximate surface area is 194 Å². The number of aliphatic hydroxyl groups is 1. The number of hydrogen-bond acceptors (Lipinski definition) is 7. The first-order chi connectivity index (χ1) is 15.7. The van der Waals surface area contributed by atoms with Crippen molar-refractivity contribution in [1.82, 2.24) is 20.6 Å². The molecule has 2 aromatic rings. The number of benzene rings is 1. The molecule has 0 spiro atoms. The van der Waals surface area contributed by atoms with Crippen molar-refractivity contribution in [2.45, 2.75) is 49.3 Å². The van der Waals surface area contributed by atoms with E-state index in [0.29, 0.717) is 37.7 Å².